The predicted octanol–water partition coefficient (Wildman–Crippen LogP) is 4.75. The molecule has 0 spiro atoms. The van der Waals surface area contributed by atoms with Crippen molar-refractivity contribution in [1.29, 1.82) is 0 Å². The standard InChI is InChI=1S/C18H13ClF3N3OS/c1-27-17-23-14(8-15(24-17)18(20,21)22)12-5-6-16(26)25(10-12)9-11-3-2-4-13(19)7-11/h2-8,10H,9H2,1H3. The Morgan fingerprint density at radius 3 is 2.59 bits per heavy atom. The minimum absolute atomic E-state index is 0.00687. The first-order valence-corrected chi connectivity index (χ1v) is 9.32. The van der Waals surface area contributed by atoms with Crippen LogP contribution >= 0.6 is 23.4 Å². The topological polar surface area (TPSA) is 47.8 Å². The SMILES string of the molecule is CSc1nc(-c2ccc(=O)n(Cc3cccc(Cl)c3)c2)cc(C(F)(F)F)n1. The Labute approximate surface area is 162 Å². The van der Waals surface area contributed by atoms with Crippen LogP contribution in [0.1, 0.15) is 11.3 Å². The third kappa shape index (κ3) is 4.70. The molecule has 4 nitrogen and oxygen atoms in total. The van der Waals surface area contributed by atoms with Gasteiger partial charge in [0.05, 0.1) is 12.2 Å². The van der Waals surface area contributed by atoms with Crippen LogP contribution in [0, 0.1) is 0 Å². The van der Waals surface area contributed by atoms with E-state index in [-0.39, 0.29) is 23.0 Å². The lowest BCUT2D eigenvalue weighted by Gasteiger charge is -2.11. The highest BCUT2D eigenvalue weighted by Crippen LogP contribution is 2.31. The summed E-state index contributed by atoms with van der Waals surface area (Å²) in [5, 5.41) is 0.541. The Morgan fingerprint density at radius 1 is 1.15 bits per heavy atom. The minimum atomic E-state index is -4.59. The Hall–Kier alpha value is -2.32. The zero-order valence-electron chi connectivity index (χ0n) is 14.0. The van der Waals surface area contributed by atoms with Crippen molar-refractivity contribution in [3.63, 3.8) is 0 Å². The average Bonchev–Trinajstić information content (AvgIpc) is 2.62. The van der Waals surface area contributed by atoms with Crippen molar-refractivity contribution in [2.75, 3.05) is 6.26 Å². The quantitative estimate of drug-likeness (QED) is 0.459. The van der Waals surface area contributed by atoms with Crippen LogP contribution in [-0.4, -0.2) is 20.8 Å². The molecule has 0 aliphatic carbocycles. The molecule has 0 bridgehead atoms. The van der Waals surface area contributed by atoms with E-state index < -0.39 is 11.9 Å². The fourth-order valence-electron chi connectivity index (χ4n) is 2.45. The zero-order valence-corrected chi connectivity index (χ0v) is 15.6. The summed E-state index contributed by atoms with van der Waals surface area (Å²) >= 11 is 6.97. The number of pyridine rings is 1. The Balaban J connectivity index is 2.04. The number of hydrogen-bond donors (Lipinski definition) is 0. The molecule has 0 aliphatic heterocycles. The van der Waals surface area contributed by atoms with Crippen LogP contribution in [0.3, 0.4) is 0 Å². The van der Waals surface area contributed by atoms with Gasteiger partial charge in [0.25, 0.3) is 5.56 Å². The van der Waals surface area contributed by atoms with E-state index in [2.05, 4.69) is 9.97 Å². The van der Waals surface area contributed by atoms with Crippen LogP contribution < -0.4 is 5.56 Å². The normalized spacial score (nSPS) is 11.6. The van der Waals surface area contributed by atoms with Crippen LogP contribution in [0.2, 0.25) is 5.02 Å². The minimum Gasteiger partial charge on any atom is -0.310 e. The lowest BCUT2D eigenvalue weighted by Crippen LogP contribution is -2.19. The van der Waals surface area contributed by atoms with E-state index in [0.717, 1.165) is 23.4 Å². The van der Waals surface area contributed by atoms with E-state index in [1.165, 1.54) is 22.9 Å². The fraction of sp³-hybridized carbons (Fsp3) is 0.167. The van der Waals surface area contributed by atoms with Gasteiger partial charge in [-0.25, -0.2) is 9.97 Å². The van der Waals surface area contributed by atoms with Crippen LogP contribution in [-0.2, 0) is 12.7 Å². The van der Waals surface area contributed by atoms with Crippen molar-refractivity contribution in [3.8, 4) is 11.3 Å². The van der Waals surface area contributed by atoms with E-state index in [1.54, 1.807) is 24.5 Å². The maximum absolute atomic E-state index is 13.1. The number of nitrogens with zero attached hydrogens (tertiary/aromatic N) is 3. The van der Waals surface area contributed by atoms with Crippen LogP contribution in [0.15, 0.2) is 58.6 Å². The first kappa shape index (κ1) is 19.4. The lowest BCUT2D eigenvalue weighted by atomic mass is 10.1. The number of aromatic nitrogens is 3. The summed E-state index contributed by atoms with van der Waals surface area (Å²) in [6.45, 7) is 0.236. The monoisotopic (exact) mass is 411 g/mol. The number of thioether (sulfide) groups is 1. The molecule has 0 saturated heterocycles. The number of alkyl halides is 3. The maximum atomic E-state index is 13.1. The highest BCUT2D eigenvalue weighted by molar-refractivity contribution is 7.98. The van der Waals surface area contributed by atoms with Gasteiger partial charge in [0.15, 0.2) is 5.16 Å². The number of rotatable bonds is 4. The van der Waals surface area contributed by atoms with E-state index >= 15 is 0 Å². The van der Waals surface area contributed by atoms with Crippen molar-refractivity contribution in [2.45, 2.75) is 17.9 Å². The van der Waals surface area contributed by atoms with Crippen LogP contribution in [0.4, 0.5) is 13.2 Å². The van der Waals surface area contributed by atoms with Crippen LogP contribution in [0.25, 0.3) is 11.3 Å². The number of hydrogen-bond acceptors (Lipinski definition) is 4. The predicted molar refractivity (Wildman–Crippen MR) is 99.1 cm³/mol. The number of benzene rings is 1. The highest BCUT2D eigenvalue weighted by atomic mass is 35.5. The fourth-order valence-corrected chi connectivity index (χ4v) is 3.04. The molecule has 0 radical (unpaired) electrons. The smallest absolute Gasteiger partial charge is 0.310 e. The summed E-state index contributed by atoms with van der Waals surface area (Å²) in [7, 11) is 0. The molecule has 0 fully saturated rings. The maximum Gasteiger partial charge on any atom is 0.433 e. The summed E-state index contributed by atoms with van der Waals surface area (Å²) in [6, 6.07) is 10.6. The molecule has 3 rings (SSSR count). The summed E-state index contributed by atoms with van der Waals surface area (Å²) in [5.41, 5.74) is -0.0232. The summed E-state index contributed by atoms with van der Waals surface area (Å²) in [6.07, 6.45) is -1.51. The van der Waals surface area contributed by atoms with E-state index in [4.69, 9.17) is 11.6 Å². The molecule has 3 aromatic rings. The molecule has 0 atom stereocenters. The molecule has 1 aromatic carbocycles. The van der Waals surface area contributed by atoms with Gasteiger partial charge in [0, 0.05) is 22.8 Å². The third-order valence-corrected chi connectivity index (χ3v) is 4.48. The van der Waals surface area contributed by atoms with Gasteiger partial charge >= 0.3 is 6.18 Å². The van der Waals surface area contributed by atoms with Crippen molar-refractivity contribution < 1.29 is 13.2 Å². The lowest BCUT2D eigenvalue weighted by molar-refractivity contribution is -0.141. The van der Waals surface area contributed by atoms with Crippen molar-refractivity contribution in [2.24, 2.45) is 0 Å². The Morgan fingerprint density at radius 2 is 1.93 bits per heavy atom. The van der Waals surface area contributed by atoms with Gasteiger partial charge in [0.1, 0.15) is 5.69 Å². The van der Waals surface area contributed by atoms with E-state index in [1.807, 2.05) is 6.07 Å². The molecule has 27 heavy (non-hydrogen) atoms. The first-order valence-electron chi connectivity index (χ1n) is 7.72. The molecular formula is C18H13ClF3N3OS. The van der Waals surface area contributed by atoms with Gasteiger partial charge in [0.2, 0.25) is 0 Å². The molecule has 0 unspecified atom stereocenters. The highest BCUT2D eigenvalue weighted by Gasteiger charge is 2.33. The second-order valence-corrected chi connectivity index (χ2v) is 6.85. The molecule has 0 N–H and O–H groups in total. The van der Waals surface area contributed by atoms with E-state index in [0.29, 0.717) is 10.6 Å². The van der Waals surface area contributed by atoms with Crippen molar-refractivity contribution >= 4 is 23.4 Å². The van der Waals surface area contributed by atoms with Gasteiger partial charge < -0.3 is 4.57 Å². The molecule has 9 heteroatoms. The Bertz CT molecular complexity index is 1040. The molecule has 2 heterocycles. The number of halogens is 4. The van der Waals surface area contributed by atoms with Crippen molar-refractivity contribution in [1.82, 2.24) is 14.5 Å². The molecular weight excluding hydrogens is 399 g/mol. The summed E-state index contributed by atoms with van der Waals surface area (Å²) < 4.78 is 40.7. The molecule has 140 valence electrons. The molecule has 2 aromatic heterocycles. The molecule has 0 saturated carbocycles. The molecule has 0 aliphatic rings. The summed E-state index contributed by atoms with van der Waals surface area (Å²) in [5.74, 6) is 0. The molecule has 0 amide bonds. The third-order valence-electron chi connectivity index (χ3n) is 3.70. The van der Waals surface area contributed by atoms with Crippen molar-refractivity contribution in [3.05, 3.63) is 75.3 Å². The zero-order chi connectivity index (χ0) is 19.6. The van der Waals surface area contributed by atoms with E-state index in [9.17, 15) is 18.0 Å². The van der Waals surface area contributed by atoms with Gasteiger partial charge in [-0.3, -0.25) is 4.79 Å². The largest absolute Gasteiger partial charge is 0.433 e. The van der Waals surface area contributed by atoms with Gasteiger partial charge in [-0.15, -0.1) is 0 Å². The second kappa shape index (κ2) is 7.74. The second-order valence-electron chi connectivity index (χ2n) is 5.64. The van der Waals surface area contributed by atoms with Crippen LogP contribution in [0.5, 0.6) is 0 Å². The first-order chi connectivity index (χ1) is 12.8. The van der Waals surface area contributed by atoms with Gasteiger partial charge in [-0.05, 0) is 36.1 Å². The Kier molecular flexibility index (Phi) is 5.57. The van der Waals surface area contributed by atoms with Gasteiger partial charge in [-0.2, -0.15) is 13.2 Å². The average molecular weight is 412 g/mol. The van der Waals surface area contributed by atoms with Gasteiger partial charge in [-0.1, -0.05) is 35.5 Å². The summed E-state index contributed by atoms with van der Waals surface area (Å²) in [4.78, 5) is 19.8.